The Morgan fingerprint density at radius 2 is 2.00 bits per heavy atom. The Morgan fingerprint density at radius 1 is 1.16 bits per heavy atom. The van der Waals surface area contributed by atoms with E-state index in [0.29, 0.717) is 28.6 Å². The summed E-state index contributed by atoms with van der Waals surface area (Å²) < 4.78 is 5.83. The second-order valence-electron chi connectivity index (χ2n) is 5.53. The van der Waals surface area contributed by atoms with Crippen molar-refractivity contribution in [2.75, 3.05) is 0 Å². The van der Waals surface area contributed by atoms with Gasteiger partial charge >= 0.3 is 0 Å². The molecule has 1 N–H and O–H groups in total. The molecule has 0 spiro atoms. The van der Waals surface area contributed by atoms with E-state index in [1.807, 2.05) is 6.07 Å². The summed E-state index contributed by atoms with van der Waals surface area (Å²) in [4.78, 5) is 12.2. The van der Waals surface area contributed by atoms with E-state index in [0.717, 1.165) is 12.8 Å². The number of allylic oxidation sites excluding steroid dienone is 2. The molecule has 3 heteroatoms. The molecule has 3 atom stereocenters. The summed E-state index contributed by atoms with van der Waals surface area (Å²) in [6, 6.07) is 7.08. The standard InChI is InChI=1S/C16H14O3/c17-14-11-3-1-2-4-13(11)19-16(15(14)18)12-8-9-5-6-10(12)7-9/h1-6,9-10,12,18H,7-8H2. The Morgan fingerprint density at radius 3 is 2.74 bits per heavy atom. The first-order valence-electron chi connectivity index (χ1n) is 6.67. The largest absolute Gasteiger partial charge is 0.502 e. The minimum atomic E-state index is -0.316. The molecule has 2 aromatic rings. The lowest BCUT2D eigenvalue weighted by molar-refractivity contribution is 0.376. The zero-order valence-electron chi connectivity index (χ0n) is 10.4. The minimum absolute atomic E-state index is 0.146. The van der Waals surface area contributed by atoms with Gasteiger partial charge in [-0.15, -0.1) is 0 Å². The molecular weight excluding hydrogens is 240 g/mol. The van der Waals surface area contributed by atoms with Crippen molar-refractivity contribution < 1.29 is 9.52 Å². The predicted molar refractivity (Wildman–Crippen MR) is 72.2 cm³/mol. The van der Waals surface area contributed by atoms with Crippen molar-refractivity contribution >= 4 is 11.0 Å². The summed E-state index contributed by atoms with van der Waals surface area (Å²) >= 11 is 0. The maximum atomic E-state index is 12.2. The van der Waals surface area contributed by atoms with E-state index < -0.39 is 0 Å². The fraction of sp³-hybridized carbons (Fsp3) is 0.312. The number of para-hydroxylation sites is 1. The maximum absolute atomic E-state index is 12.2. The van der Waals surface area contributed by atoms with Crippen LogP contribution in [-0.4, -0.2) is 5.11 Å². The smallest absolute Gasteiger partial charge is 0.234 e. The number of fused-ring (bicyclic) bond motifs is 3. The van der Waals surface area contributed by atoms with Gasteiger partial charge in [-0.1, -0.05) is 24.3 Å². The summed E-state index contributed by atoms with van der Waals surface area (Å²) in [5.74, 6) is 1.39. The zero-order chi connectivity index (χ0) is 13.0. The molecule has 0 radical (unpaired) electrons. The average Bonchev–Trinajstić information content (AvgIpc) is 3.05. The van der Waals surface area contributed by atoms with E-state index in [9.17, 15) is 9.90 Å². The minimum Gasteiger partial charge on any atom is -0.502 e. The van der Waals surface area contributed by atoms with Gasteiger partial charge in [-0.3, -0.25) is 4.79 Å². The Kier molecular flexibility index (Phi) is 2.13. The molecule has 2 aliphatic rings. The fourth-order valence-corrected chi connectivity index (χ4v) is 3.48. The molecule has 3 unspecified atom stereocenters. The number of aromatic hydroxyl groups is 1. The third kappa shape index (κ3) is 1.47. The van der Waals surface area contributed by atoms with Gasteiger partial charge in [-0.05, 0) is 36.8 Å². The second kappa shape index (κ2) is 3.73. The van der Waals surface area contributed by atoms with Gasteiger partial charge in [-0.25, -0.2) is 0 Å². The van der Waals surface area contributed by atoms with Crippen molar-refractivity contribution in [1.82, 2.24) is 0 Å². The van der Waals surface area contributed by atoms with Gasteiger partial charge in [0.25, 0.3) is 0 Å². The fourth-order valence-electron chi connectivity index (χ4n) is 3.48. The molecular formula is C16H14O3. The van der Waals surface area contributed by atoms with Crippen LogP contribution in [-0.2, 0) is 0 Å². The van der Waals surface area contributed by atoms with Crippen LogP contribution in [0.15, 0.2) is 45.6 Å². The van der Waals surface area contributed by atoms with Crippen LogP contribution in [0, 0.1) is 11.8 Å². The molecule has 1 fully saturated rings. The van der Waals surface area contributed by atoms with Crippen LogP contribution in [0.4, 0.5) is 0 Å². The van der Waals surface area contributed by atoms with E-state index >= 15 is 0 Å². The molecule has 0 saturated heterocycles. The van der Waals surface area contributed by atoms with E-state index in [1.54, 1.807) is 18.2 Å². The third-order valence-corrected chi connectivity index (χ3v) is 4.42. The lowest BCUT2D eigenvalue weighted by Gasteiger charge is -2.18. The lowest BCUT2D eigenvalue weighted by Crippen LogP contribution is -2.11. The summed E-state index contributed by atoms with van der Waals surface area (Å²) in [5, 5.41) is 10.6. The van der Waals surface area contributed by atoms with Gasteiger partial charge in [0.15, 0.2) is 5.76 Å². The average molecular weight is 254 g/mol. The van der Waals surface area contributed by atoms with Crippen LogP contribution in [0.5, 0.6) is 5.75 Å². The topological polar surface area (TPSA) is 50.4 Å². The highest BCUT2D eigenvalue weighted by atomic mass is 16.4. The highest BCUT2D eigenvalue weighted by molar-refractivity contribution is 5.77. The first-order chi connectivity index (χ1) is 9.24. The normalized spacial score (nSPS) is 28.3. The Labute approximate surface area is 110 Å². The number of benzene rings is 1. The molecule has 2 bridgehead atoms. The van der Waals surface area contributed by atoms with Crippen LogP contribution < -0.4 is 5.43 Å². The summed E-state index contributed by atoms with van der Waals surface area (Å²) in [6.45, 7) is 0. The van der Waals surface area contributed by atoms with E-state index in [4.69, 9.17) is 4.42 Å². The van der Waals surface area contributed by atoms with Crippen molar-refractivity contribution in [2.45, 2.75) is 18.8 Å². The summed E-state index contributed by atoms with van der Waals surface area (Å²) in [5.41, 5.74) is 0.246. The SMILES string of the molecule is O=c1c(O)c(C2CC3C=CC2C3)oc2ccccc12. The first kappa shape index (κ1) is 10.9. The van der Waals surface area contributed by atoms with Crippen molar-refractivity contribution in [3.05, 3.63) is 52.4 Å². The van der Waals surface area contributed by atoms with Gasteiger partial charge in [0, 0.05) is 5.92 Å². The van der Waals surface area contributed by atoms with Crippen LogP contribution in [0.2, 0.25) is 0 Å². The predicted octanol–water partition coefficient (Wildman–Crippen LogP) is 3.18. The molecule has 0 amide bonds. The molecule has 1 aromatic carbocycles. The van der Waals surface area contributed by atoms with E-state index in [-0.39, 0.29) is 17.1 Å². The molecule has 3 nitrogen and oxygen atoms in total. The van der Waals surface area contributed by atoms with Crippen molar-refractivity contribution in [3.63, 3.8) is 0 Å². The van der Waals surface area contributed by atoms with Gasteiger partial charge < -0.3 is 9.52 Å². The van der Waals surface area contributed by atoms with Gasteiger partial charge in [0.1, 0.15) is 5.58 Å². The van der Waals surface area contributed by atoms with E-state index in [1.165, 1.54) is 0 Å². The lowest BCUT2D eigenvalue weighted by atomic mass is 9.90. The molecule has 4 rings (SSSR count). The second-order valence-corrected chi connectivity index (χ2v) is 5.53. The molecule has 2 aliphatic carbocycles. The highest BCUT2D eigenvalue weighted by Gasteiger charge is 2.39. The van der Waals surface area contributed by atoms with Crippen LogP contribution in [0.25, 0.3) is 11.0 Å². The van der Waals surface area contributed by atoms with Crippen LogP contribution in [0.3, 0.4) is 0 Å². The van der Waals surface area contributed by atoms with Crippen molar-refractivity contribution in [1.29, 1.82) is 0 Å². The number of hydrogen-bond donors (Lipinski definition) is 1. The molecule has 0 aliphatic heterocycles. The van der Waals surface area contributed by atoms with Crippen molar-refractivity contribution in [3.8, 4) is 5.75 Å². The molecule has 1 aromatic heterocycles. The molecule has 1 saturated carbocycles. The molecule has 1 heterocycles. The number of hydrogen-bond acceptors (Lipinski definition) is 3. The van der Waals surface area contributed by atoms with Gasteiger partial charge in [0.05, 0.1) is 5.39 Å². The Bertz CT molecular complexity index is 741. The Hall–Kier alpha value is -2.03. The first-order valence-corrected chi connectivity index (χ1v) is 6.67. The quantitative estimate of drug-likeness (QED) is 0.795. The van der Waals surface area contributed by atoms with Gasteiger partial charge in [0.2, 0.25) is 11.2 Å². The Balaban J connectivity index is 1.93. The molecule has 96 valence electrons. The van der Waals surface area contributed by atoms with Crippen molar-refractivity contribution in [2.24, 2.45) is 11.8 Å². The van der Waals surface area contributed by atoms with Crippen LogP contribution >= 0.6 is 0 Å². The maximum Gasteiger partial charge on any atom is 0.234 e. The molecule has 19 heavy (non-hydrogen) atoms. The third-order valence-electron chi connectivity index (χ3n) is 4.42. The van der Waals surface area contributed by atoms with Gasteiger partial charge in [-0.2, -0.15) is 0 Å². The van der Waals surface area contributed by atoms with Crippen LogP contribution in [0.1, 0.15) is 24.5 Å². The summed E-state index contributed by atoms with van der Waals surface area (Å²) in [6.07, 6.45) is 6.50. The highest BCUT2D eigenvalue weighted by Crippen LogP contribution is 2.50. The zero-order valence-corrected chi connectivity index (χ0v) is 10.4. The number of rotatable bonds is 1. The van der Waals surface area contributed by atoms with E-state index in [2.05, 4.69) is 12.2 Å². The summed E-state index contributed by atoms with van der Waals surface area (Å²) in [7, 11) is 0. The monoisotopic (exact) mass is 254 g/mol.